The van der Waals surface area contributed by atoms with E-state index in [9.17, 15) is 0 Å². The maximum absolute atomic E-state index is 2.49. The van der Waals surface area contributed by atoms with Gasteiger partial charge in [-0.25, -0.2) is 0 Å². The molecule has 1 aliphatic rings. The Bertz CT molecular complexity index is 821. The smallest absolute Gasteiger partial charge is 0.0446 e. The molecule has 0 fully saturated rings. The monoisotopic (exact) mass is 311 g/mol. The van der Waals surface area contributed by atoms with E-state index in [1.54, 1.807) is 0 Å². The molecule has 0 aromatic heterocycles. The molecule has 0 saturated carbocycles. The maximum Gasteiger partial charge on any atom is 0.0446 e. The molecular formula is C23H21N. The van der Waals surface area contributed by atoms with E-state index in [1.165, 1.54) is 22.5 Å². The van der Waals surface area contributed by atoms with E-state index in [4.69, 9.17) is 0 Å². The zero-order valence-electron chi connectivity index (χ0n) is 13.7. The lowest BCUT2D eigenvalue weighted by Gasteiger charge is -2.27. The Balaban J connectivity index is 1.59. The van der Waals surface area contributed by atoms with E-state index in [0.717, 1.165) is 12.8 Å². The topological polar surface area (TPSA) is 3.24 Å². The highest BCUT2D eigenvalue weighted by Crippen LogP contribution is 2.39. The number of fused-ring (bicyclic) bond motifs is 1. The van der Waals surface area contributed by atoms with E-state index in [2.05, 4.69) is 102 Å². The third kappa shape index (κ3) is 2.98. The van der Waals surface area contributed by atoms with Gasteiger partial charge in [0.2, 0.25) is 0 Å². The van der Waals surface area contributed by atoms with Crippen molar-refractivity contribution in [1.29, 1.82) is 0 Å². The molecule has 1 unspecified atom stereocenters. The van der Waals surface area contributed by atoms with Gasteiger partial charge in [-0.05, 0) is 42.2 Å². The Morgan fingerprint density at radius 1 is 0.792 bits per heavy atom. The largest absolute Gasteiger partial charge is 0.337 e. The molecule has 3 aromatic carbocycles. The number of hydrogen-bond donors (Lipinski definition) is 0. The highest BCUT2D eigenvalue weighted by atomic mass is 15.2. The number of benzene rings is 3. The lowest BCUT2D eigenvalue weighted by atomic mass is 10.1. The van der Waals surface area contributed by atoms with Gasteiger partial charge in [-0.15, -0.1) is 0 Å². The van der Waals surface area contributed by atoms with E-state index in [0.29, 0.717) is 6.04 Å². The van der Waals surface area contributed by atoms with E-state index in [1.807, 2.05) is 0 Å². The molecule has 1 heteroatoms. The van der Waals surface area contributed by atoms with Gasteiger partial charge in [0, 0.05) is 17.4 Å². The van der Waals surface area contributed by atoms with Gasteiger partial charge in [0.1, 0.15) is 0 Å². The summed E-state index contributed by atoms with van der Waals surface area (Å²) in [5, 5.41) is 0. The van der Waals surface area contributed by atoms with Crippen LogP contribution in [0.4, 0.5) is 11.4 Å². The van der Waals surface area contributed by atoms with Crippen molar-refractivity contribution in [3.8, 4) is 0 Å². The first kappa shape index (κ1) is 14.8. The molecular weight excluding hydrogens is 290 g/mol. The molecule has 1 heterocycles. The van der Waals surface area contributed by atoms with Crippen molar-refractivity contribution >= 4 is 17.5 Å². The molecule has 24 heavy (non-hydrogen) atoms. The predicted molar refractivity (Wildman–Crippen MR) is 103 cm³/mol. The van der Waals surface area contributed by atoms with Crippen molar-refractivity contribution in [3.63, 3.8) is 0 Å². The van der Waals surface area contributed by atoms with Crippen molar-refractivity contribution in [2.75, 3.05) is 4.90 Å². The summed E-state index contributed by atoms with van der Waals surface area (Å²) in [6.45, 7) is 0. The zero-order chi connectivity index (χ0) is 16.2. The van der Waals surface area contributed by atoms with Gasteiger partial charge < -0.3 is 4.90 Å². The standard InChI is InChI=1S/C23H21N/c1-3-10-19(11-4-1)12-9-16-22-18-20-13-7-8-17-23(20)24(22)21-14-5-2-6-15-21/h1-15,17,22H,16,18H2/b12-9+. The fraction of sp³-hybridized carbons (Fsp3) is 0.130. The van der Waals surface area contributed by atoms with Crippen molar-refractivity contribution in [2.45, 2.75) is 18.9 Å². The average Bonchev–Trinajstić information content (AvgIpc) is 3.01. The number of rotatable bonds is 4. The van der Waals surface area contributed by atoms with Crippen LogP contribution >= 0.6 is 0 Å². The van der Waals surface area contributed by atoms with Crippen molar-refractivity contribution in [1.82, 2.24) is 0 Å². The van der Waals surface area contributed by atoms with Crippen LogP contribution in [0.3, 0.4) is 0 Å². The summed E-state index contributed by atoms with van der Waals surface area (Å²) in [5.41, 5.74) is 5.33. The highest BCUT2D eigenvalue weighted by molar-refractivity contribution is 5.71. The van der Waals surface area contributed by atoms with Gasteiger partial charge in [0.05, 0.1) is 0 Å². The molecule has 1 nitrogen and oxygen atoms in total. The summed E-state index contributed by atoms with van der Waals surface area (Å²) in [6.07, 6.45) is 6.68. The quantitative estimate of drug-likeness (QED) is 0.584. The molecule has 0 bridgehead atoms. The molecule has 0 amide bonds. The van der Waals surface area contributed by atoms with Crippen LogP contribution < -0.4 is 4.90 Å². The molecule has 0 saturated heterocycles. The molecule has 1 aliphatic heterocycles. The first-order chi connectivity index (χ1) is 11.9. The van der Waals surface area contributed by atoms with Gasteiger partial charge in [0.25, 0.3) is 0 Å². The summed E-state index contributed by atoms with van der Waals surface area (Å²) in [6, 6.07) is 30.5. The van der Waals surface area contributed by atoms with Gasteiger partial charge in [0.15, 0.2) is 0 Å². The van der Waals surface area contributed by atoms with E-state index >= 15 is 0 Å². The molecule has 3 aromatic rings. The van der Waals surface area contributed by atoms with Crippen molar-refractivity contribution < 1.29 is 0 Å². The van der Waals surface area contributed by atoms with Gasteiger partial charge in [-0.1, -0.05) is 78.9 Å². The minimum atomic E-state index is 0.477. The summed E-state index contributed by atoms with van der Waals surface area (Å²) in [7, 11) is 0. The van der Waals surface area contributed by atoms with E-state index < -0.39 is 0 Å². The van der Waals surface area contributed by atoms with Crippen LogP contribution in [-0.2, 0) is 6.42 Å². The minimum Gasteiger partial charge on any atom is -0.337 e. The number of anilines is 2. The second-order valence-corrected chi connectivity index (χ2v) is 6.24. The van der Waals surface area contributed by atoms with Crippen LogP contribution in [0.15, 0.2) is 91.0 Å². The fourth-order valence-electron chi connectivity index (χ4n) is 3.51. The summed E-state index contributed by atoms with van der Waals surface area (Å²) >= 11 is 0. The molecule has 4 rings (SSSR count). The normalized spacial score (nSPS) is 16.5. The van der Waals surface area contributed by atoms with E-state index in [-0.39, 0.29) is 0 Å². The van der Waals surface area contributed by atoms with Gasteiger partial charge in [-0.3, -0.25) is 0 Å². The first-order valence-corrected chi connectivity index (χ1v) is 8.55. The first-order valence-electron chi connectivity index (χ1n) is 8.55. The van der Waals surface area contributed by atoms with Crippen LogP contribution in [-0.4, -0.2) is 6.04 Å². The molecule has 1 atom stereocenters. The Kier molecular flexibility index (Phi) is 4.16. The molecule has 0 N–H and O–H groups in total. The third-order valence-electron chi connectivity index (χ3n) is 4.62. The van der Waals surface area contributed by atoms with Gasteiger partial charge in [-0.2, -0.15) is 0 Å². The zero-order valence-corrected chi connectivity index (χ0v) is 13.7. The molecule has 118 valence electrons. The highest BCUT2D eigenvalue weighted by Gasteiger charge is 2.28. The van der Waals surface area contributed by atoms with Crippen molar-refractivity contribution in [3.05, 3.63) is 102 Å². The number of para-hydroxylation sites is 2. The predicted octanol–water partition coefficient (Wildman–Crippen LogP) is 5.85. The Morgan fingerprint density at radius 2 is 1.46 bits per heavy atom. The number of nitrogens with zero attached hydrogens (tertiary/aromatic N) is 1. The number of hydrogen-bond acceptors (Lipinski definition) is 1. The van der Waals surface area contributed by atoms with Crippen LogP contribution in [0.5, 0.6) is 0 Å². The second-order valence-electron chi connectivity index (χ2n) is 6.24. The van der Waals surface area contributed by atoms with Gasteiger partial charge >= 0.3 is 0 Å². The lowest BCUT2D eigenvalue weighted by Crippen LogP contribution is -2.26. The molecule has 0 aliphatic carbocycles. The van der Waals surface area contributed by atoms with Crippen LogP contribution in [0.1, 0.15) is 17.5 Å². The Morgan fingerprint density at radius 3 is 2.25 bits per heavy atom. The second kappa shape index (κ2) is 6.76. The van der Waals surface area contributed by atoms with Crippen molar-refractivity contribution in [2.24, 2.45) is 0 Å². The Labute approximate surface area is 143 Å². The van der Waals surface area contributed by atoms with Crippen LogP contribution in [0, 0.1) is 0 Å². The molecule has 0 radical (unpaired) electrons. The Hall–Kier alpha value is -2.80. The van der Waals surface area contributed by atoms with Crippen LogP contribution in [0.25, 0.3) is 6.08 Å². The third-order valence-corrected chi connectivity index (χ3v) is 4.62. The SMILES string of the molecule is C(=C\c1ccccc1)/CC1Cc2ccccc2N1c1ccccc1. The summed E-state index contributed by atoms with van der Waals surface area (Å²) in [5.74, 6) is 0. The fourth-order valence-corrected chi connectivity index (χ4v) is 3.51. The molecule has 0 spiro atoms. The maximum atomic E-state index is 2.49. The minimum absolute atomic E-state index is 0.477. The summed E-state index contributed by atoms with van der Waals surface area (Å²) in [4.78, 5) is 2.49. The lowest BCUT2D eigenvalue weighted by molar-refractivity contribution is 0.698. The van der Waals surface area contributed by atoms with Crippen LogP contribution in [0.2, 0.25) is 0 Å². The average molecular weight is 311 g/mol. The summed E-state index contributed by atoms with van der Waals surface area (Å²) < 4.78 is 0.